The van der Waals surface area contributed by atoms with Crippen molar-refractivity contribution >= 4 is 18.3 Å². The molecular formula is C12H13NO5. The number of aromatic carboxylic acids is 1. The molecule has 0 heterocycles. The molecule has 0 unspecified atom stereocenters. The maximum absolute atomic E-state index is 11.3. The van der Waals surface area contributed by atoms with Crippen molar-refractivity contribution in [2.75, 3.05) is 7.11 Å². The Bertz CT molecular complexity index is 440. The molecule has 2 N–H and O–H groups in total. The fourth-order valence-electron chi connectivity index (χ4n) is 1.45. The lowest BCUT2D eigenvalue weighted by Gasteiger charge is -2.13. The first-order valence-corrected chi connectivity index (χ1v) is 5.18. The minimum Gasteiger partial charge on any atom is -0.478 e. The van der Waals surface area contributed by atoms with Crippen LogP contribution < -0.4 is 5.32 Å². The van der Waals surface area contributed by atoms with Gasteiger partial charge in [0.05, 0.1) is 12.7 Å². The molecule has 0 saturated heterocycles. The van der Waals surface area contributed by atoms with Crippen LogP contribution in [0.3, 0.4) is 0 Å². The van der Waals surface area contributed by atoms with Gasteiger partial charge in [0.15, 0.2) is 0 Å². The monoisotopic (exact) mass is 251 g/mol. The Hall–Kier alpha value is -2.37. The molecule has 0 radical (unpaired) electrons. The lowest BCUT2D eigenvalue weighted by molar-refractivity contribution is -0.144. The summed E-state index contributed by atoms with van der Waals surface area (Å²) in [6, 6.07) is 5.28. The molecule has 6 nitrogen and oxygen atoms in total. The summed E-state index contributed by atoms with van der Waals surface area (Å²) in [4.78, 5) is 32.4. The van der Waals surface area contributed by atoms with Crippen molar-refractivity contribution in [1.82, 2.24) is 5.32 Å². The zero-order valence-electron chi connectivity index (χ0n) is 9.75. The Balaban J connectivity index is 2.77. The number of nitrogens with one attached hydrogen (secondary N) is 1. The van der Waals surface area contributed by atoms with Crippen LogP contribution in [0.2, 0.25) is 0 Å². The van der Waals surface area contributed by atoms with E-state index in [0.29, 0.717) is 6.41 Å². The summed E-state index contributed by atoms with van der Waals surface area (Å²) in [5, 5.41) is 11.1. The normalized spacial score (nSPS) is 11.4. The lowest BCUT2D eigenvalue weighted by Crippen LogP contribution is -2.38. The van der Waals surface area contributed by atoms with Crippen LogP contribution in [-0.2, 0) is 20.7 Å². The van der Waals surface area contributed by atoms with Gasteiger partial charge >= 0.3 is 11.9 Å². The van der Waals surface area contributed by atoms with Gasteiger partial charge in [-0.3, -0.25) is 4.79 Å². The predicted octanol–water partition coefficient (Wildman–Crippen LogP) is 0.215. The minimum atomic E-state index is -1.02. The zero-order chi connectivity index (χ0) is 13.5. The van der Waals surface area contributed by atoms with Gasteiger partial charge in [0.1, 0.15) is 6.04 Å². The van der Waals surface area contributed by atoms with Gasteiger partial charge in [0.25, 0.3) is 0 Å². The van der Waals surface area contributed by atoms with Crippen molar-refractivity contribution in [3.63, 3.8) is 0 Å². The largest absolute Gasteiger partial charge is 0.478 e. The number of methoxy groups -OCH3 is 1. The summed E-state index contributed by atoms with van der Waals surface area (Å²) >= 11 is 0. The number of esters is 1. The average Bonchev–Trinajstić information content (AvgIpc) is 2.38. The van der Waals surface area contributed by atoms with E-state index in [1.165, 1.54) is 19.2 Å². The van der Waals surface area contributed by atoms with Crippen LogP contribution in [0.15, 0.2) is 24.3 Å². The van der Waals surface area contributed by atoms with E-state index in [-0.39, 0.29) is 12.0 Å². The smallest absolute Gasteiger partial charge is 0.335 e. The number of rotatable bonds is 6. The van der Waals surface area contributed by atoms with Crippen LogP contribution in [0.1, 0.15) is 15.9 Å². The fraction of sp³-hybridized carbons (Fsp3) is 0.250. The standard InChI is InChI=1S/C12H13NO5/c1-18-12(17)10(13-7-14)6-8-2-4-9(5-3-8)11(15)16/h2-5,7,10H,6H2,1H3,(H,13,14)(H,15,16)/t10-/m0/s1. The van der Waals surface area contributed by atoms with Crippen LogP contribution in [0.5, 0.6) is 0 Å². The van der Waals surface area contributed by atoms with E-state index in [1.54, 1.807) is 12.1 Å². The molecule has 0 aromatic heterocycles. The molecule has 1 rings (SSSR count). The molecule has 96 valence electrons. The van der Waals surface area contributed by atoms with Crippen LogP contribution >= 0.6 is 0 Å². The highest BCUT2D eigenvalue weighted by Crippen LogP contribution is 2.07. The van der Waals surface area contributed by atoms with Crippen molar-refractivity contribution in [2.24, 2.45) is 0 Å². The Labute approximate surface area is 104 Å². The highest BCUT2D eigenvalue weighted by atomic mass is 16.5. The van der Waals surface area contributed by atoms with E-state index in [2.05, 4.69) is 10.1 Å². The predicted molar refractivity (Wildman–Crippen MR) is 62.1 cm³/mol. The van der Waals surface area contributed by atoms with Gasteiger partial charge in [0, 0.05) is 6.42 Å². The Morgan fingerprint density at radius 3 is 2.44 bits per heavy atom. The maximum Gasteiger partial charge on any atom is 0.335 e. The molecule has 18 heavy (non-hydrogen) atoms. The first kappa shape index (κ1) is 13.7. The van der Waals surface area contributed by atoms with Gasteiger partial charge in [-0.2, -0.15) is 0 Å². The molecule has 0 aliphatic rings. The molecule has 6 heteroatoms. The third kappa shape index (κ3) is 3.58. The van der Waals surface area contributed by atoms with Crippen molar-refractivity contribution in [1.29, 1.82) is 0 Å². The Morgan fingerprint density at radius 1 is 1.39 bits per heavy atom. The van der Waals surface area contributed by atoms with Crippen LogP contribution in [0, 0.1) is 0 Å². The summed E-state index contributed by atoms with van der Waals surface area (Å²) in [6.45, 7) is 0. The number of amides is 1. The molecule has 0 fully saturated rings. The Kier molecular flexibility index (Phi) is 4.86. The number of ether oxygens (including phenoxy) is 1. The molecule has 0 saturated carbocycles. The molecule has 1 aromatic rings. The van der Waals surface area contributed by atoms with E-state index in [9.17, 15) is 14.4 Å². The third-order valence-electron chi connectivity index (χ3n) is 2.40. The van der Waals surface area contributed by atoms with Crippen LogP contribution in [-0.4, -0.2) is 36.6 Å². The molecule has 0 bridgehead atoms. The summed E-state index contributed by atoms with van der Waals surface area (Å²) in [6.07, 6.45) is 0.665. The number of carboxylic acids is 1. The van der Waals surface area contributed by atoms with Crippen molar-refractivity contribution in [3.05, 3.63) is 35.4 Å². The van der Waals surface area contributed by atoms with Gasteiger partial charge in [-0.15, -0.1) is 0 Å². The van der Waals surface area contributed by atoms with Gasteiger partial charge < -0.3 is 15.2 Å². The van der Waals surface area contributed by atoms with Crippen molar-refractivity contribution in [2.45, 2.75) is 12.5 Å². The number of benzene rings is 1. The first-order chi connectivity index (χ1) is 8.58. The van der Waals surface area contributed by atoms with E-state index in [4.69, 9.17) is 5.11 Å². The molecular weight excluding hydrogens is 238 g/mol. The second-order valence-corrected chi connectivity index (χ2v) is 3.57. The number of carbonyl (C=O) groups is 3. The van der Waals surface area contributed by atoms with E-state index in [0.717, 1.165) is 5.56 Å². The van der Waals surface area contributed by atoms with Crippen LogP contribution in [0.4, 0.5) is 0 Å². The zero-order valence-corrected chi connectivity index (χ0v) is 9.75. The number of hydrogen-bond donors (Lipinski definition) is 2. The molecule has 1 amide bonds. The summed E-state index contributed by atoms with van der Waals surface area (Å²) in [5.74, 6) is -1.57. The molecule has 0 aliphatic heterocycles. The van der Waals surface area contributed by atoms with Gasteiger partial charge in [-0.05, 0) is 17.7 Å². The van der Waals surface area contributed by atoms with E-state index >= 15 is 0 Å². The summed E-state index contributed by atoms with van der Waals surface area (Å²) in [5.41, 5.74) is 0.890. The molecule has 0 spiro atoms. The number of carbonyl (C=O) groups excluding carboxylic acids is 2. The molecule has 1 atom stereocenters. The lowest BCUT2D eigenvalue weighted by atomic mass is 10.0. The first-order valence-electron chi connectivity index (χ1n) is 5.18. The van der Waals surface area contributed by atoms with Gasteiger partial charge in [-0.25, -0.2) is 9.59 Å². The number of carboxylic acid groups (broad SMARTS) is 1. The SMILES string of the molecule is COC(=O)[C@H](Cc1ccc(C(=O)O)cc1)NC=O. The topological polar surface area (TPSA) is 92.7 Å². The second kappa shape index (κ2) is 6.39. The molecule has 1 aromatic carbocycles. The van der Waals surface area contributed by atoms with Crippen LogP contribution in [0.25, 0.3) is 0 Å². The van der Waals surface area contributed by atoms with Crippen molar-refractivity contribution < 1.29 is 24.2 Å². The number of hydrogen-bond acceptors (Lipinski definition) is 4. The minimum absolute atomic E-state index is 0.164. The quantitative estimate of drug-likeness (QED) is 0.557. The third-order valence-corrected chi connectivity index (χ3v) is 2.40. The highest BCUT2D eigenvalue weighted by molar-refractivity contribution is 5.87. The Morgan fingerprint density at radius 2 is 2.00 bits per heavy atom. The summed E-state index contributed by atoms with van der Waals surface area (Å²) in [7, 11) is 1.23. The molecule has 0 aliphatic carbocycles. The highest BCUT2D eigenvalue weighted by Gasteiger charge is 2.18. The van der Waals surface area contributed by atoms with Gasteiger partial charge in [-0.1, -0.05) is 12.1 Å². The summed E-state index contributed by atoms with van der Waals surface area (Å²) < 4.78 is 4.54. The average molecular weight is 251 g/mol. The van der Waals surface area contributed by atoms with E-state index < -0.39 is 18.0 Å². The van der Waals surface area contributed by atoms with Crippen molar-refractivity contribution in [3.8, 4) is 0 Å². The maximum atomic E-state index is 11.3. The fourth-order valence-corrected chi connectivity index (χ4v) is 1.45. The van der Waals surface area contributed by atoms with Gasteiger partial charge in [0.2, 0.25) is 6.41 Å². The second-order valence-electron chi connectivity index (χ2n) is 3.57. The van der Waals surface area contributed by atoms with E-state index in [1.807, 2.05) is 0 Å².